The minimum Gasteiger partial charge on any atom is -0.399 e. The van der Waals surface area contributed by atoms with E-state index in [-0.39, 0.29) is 25.0 Å². The van der Waals surface area contributed by atoms with Gasteiger partial charge in [-0.1, -0.05) is 11.3 Å². The van der Waals surface area contributed by atoms with Crippen LogP contribution in [0.2, 0.25) is 0 Å². The van der Waals surface area contributed by atoms with Crippen LogP contribution in [0.5, 0.6) is 5.06 Å². The average molecular weight is 510 g/mol. The van der Waals surface area contributed by atoms with Gasteiger partial charge < -0.3 is 29.3 Å². The number of morpholine rings is 1. The first-order chi connectivity index (χ1) is 15.0. The molecule has 164 valence electrons. The molecule has 2 aliphatic heterocycles. The summed E-state index contributed by atoms with van der Waals surface area (Å²) in [5.41, 5.74) is 1.39. The van der Waals surface area contributed by atoms with Gasteiger partial charge in [0.2, 0.25) is 0 Å². The third kappa shape index (κ3) is 4.74. The maximum atomic E-state index is 12.9. The predicted octanol–water partition coefficient (Wildman–Crippen LogP) is 2.39. The molecule has 2 saturated heterocycles. The van der Waals surface area contributed by atoms with E-state index in [2.05, 4.69) is 21.2 Å². The van der Waals surface area contributed by atoms with Crippen LogP contribution in [-0.4, -0.2) is 63.5 Å². The largest absolute Gasteiger partial charge is 0.413 e. The number of thiophene rings is 1. The maximum Gasteiger partial charge on any atom is 0.413 e. The lowest BCUT2D eigenvalue weighted by Crippen LogP contribution is -2.45. The van der Waals surface area contributed by atoms with Gasteiger partial charge in [0.05, 0.1) is 16.4 Å². The van der Waals surface area contributed by atoms with Gasteiger partial charge in [-0.05, 0) is 52.3 Å². The number of nitrogens with zero attached hydrogens (tertiary/aromatic N) is 2. The van der Waals surface area contributed by atoms with Gasteiger partial charge >= 0.3 is 6.09 Å². The Morgan fingerprint density at radius 2 is 1.87 bits per heavy atom. The molecular formula is C20H20BrN3O6S. The molecule has 0 radical (unpaired) electrons. The number of benzene rings is 1. The summed E-state index contributed by atoms with van der Waals surface area (Å²) in [6.45, 7) is 1.27. The molecular weight excluding hydrogens is 490 g/mol. The van der Waals surface area contributed by atoms with Crippen LogP contribution in [0.4, 0.5) is 16.2 Å². The van der Waals surface area contributed by atoms with Gasteiger partial charge in [-0.3, -0.25) is 9.59 Å². The van der Waals surface area contributed by atoms with Crippen LogP contribution in [-0.2, 0) is 19.1 Å². The van der Waals surface area contributed by atoms with Crippen LogP contribution >= 0.6 is 27.3 Å². The molecule has 0 bridgehead atoms. The first-order valence-corrected chi connectivity index (χ1v) is 11.1. The zero-order chi connectivity index (χ0) is 22.0. The van der Waals surface area contributed by atoms with Crippen molar-refractivity contribution in [3.63, 3.8) is 0 Å². The van der Waals surface area contributed by atoms with Gasteiger partial charge in [0, 0.05) is 31.6 Å². The van der Waals surface area contributed by atoms with Crippen molar-refractivity contribution in [1.29, 1.82) is 0 Å². The van der Waals surface area contributed by atoms with E-state index in [0.717, 1.165) is 9.47 Å². The smallest absolute Gasteiger partial charge is 0.399 e. The quantitative estimate of drug-likeness (QED) is 0.664. The number of anilines is 2. The van der Waals surface area contributed by atoms with Crippen LogP contribution < -0.4 is 19.9 Å². The van der Waals surface area contributed by atoms with Gasteiger partial charge in [-0.2, -0.15) is 0 Å². The number of nitrogens with one attached hydrogen (secondary N) is 1. The first kappa shape index (κ1) is 21.8. The second-order valence-electron chi connectivity index (χ2n) is 6.92. The third-order valence-electron chi connectivity index (χ3n) is 5.01. The summed E-state index contributed by atoms with van der Waals surface area (Å²) in [5.74, 6) is -0.363. The molecule has 2 aromatic rings. The van der Waals surface area contributed by atoms with E-state index in [9.17, 15) is 14.4 Å². The molecule has 1 N–H and O–H groups in total. The van der Waals surface area contributed by atoms with Gasteiger partial charge in [0.1, 0.15) is 6.61 Å². The van der Waals surface area contributed by atoms with Crippen LogP contribution in [0.25, 0.3) is 0 Å². The molecule has 11 heteroatoms. The molecule has 3 amide bonds. The summed E-state index contributed by atoms with van der Waals surface area (Å²) in [7, 11) is 1.43. The predicted molar refractivity (Wildman–Crippen MR) is 118 cm³/mol. The van der Waals surface area contributed by atoms with E-state index in [1.807, 2.05) is 0 Å². The molecule has 1 aromatic carbocycles. The molecule has 4 rings (SSSR count). The van der Waals surface area contributed by atoms with Crippen molar-refractivity contribution < 1.29 is 28.6 Å². The Bertz CT molecular complexity index is 982. The van der Waals surface area contributed by atoms with E-state index < -0.39 is 18.2 Å². The van der Waals surface area contributed by atoms with Crippen molar-refractivity contribution in [2.45, 2.75) is 12.1 Å². The molecule has 3 heterocycles. The number of halogens is 1. The van der Waals surface area contributed by atoms with E-state index in [1.54, 1.807) is 46.2 Å². The highest BCUT2D eigenvalue weighted by Gasteiger charge is 2.42. The monoisotopic (exact) mass is 509 g/mol. The molecule has 9 nitrogen and oxygen atoms in total. The zero-order valence-corrected chi connectivity index (χ0v) is 19.0. The second-order valence-corrected chi connectivity index (χ2v) is 9.34. The number of rotatable bonds is 5. The number of carbonyl (C=O) groups excluding carboxylic acids is 3. The molecule has 2 unspecified atom stereocenters. The highest BCUT2D eigenvalue weighted by atomic mass is 79.9. The van der Waals surface area contributed by atoms with Gasteiger partial charge in [0.25, 0.3) is 11.8 Å². The number of carbonyl (C=O) groups is 3. The molecule has 0 saturated carbocycles. The van der Waals surface area contributed by atoms with Crippen molar-refractivity contribution in [3.8, 4) is 5.06 Å². The van der Waals surface area contributed by atoms with Crippen molar-refractivity contribution in [2.75, 3.05) is 43.2 Å². The fourth-order valence-corrected chi connectivity index (χ4v) is 4.75. The number of amides is 3. The molecule has 2 aliphatic rings. The van der Waals surface area contributed by atoms with E-state index in [1.165, 1.54) is 18.4 Å². The lowest BCUT2D eigenvalue weighted by Gasteiger charge is -2.27. The average Bonchev–Trinajstić information content (AvgIpc) is 3.30. The summed E-state index contributed by atoms with van der Waals surface area (Å²) in [6, 6.07) is 10.00. The first-order valence-electron chi connectivity index (χ1n) is 9.52. The minimum atomic E-state index is -0.830. The molecule has 31 heavy (non-hydrogen) atoms. The number of methoxy groups -OCH3 is 1. The summed E-state index contributed by atoms with van der Waals surface area (Å²) in [5, 5.41) is 3.15. The standard InChI is InChI=1S/C20H20BrN3O6S/c1-28-18-14(22-20(27)30-17-7-6-15(21)31-17)10-24(19(18)26)13-4-2-12(3-5-13)23-8-9-29-11-16(23)25/h2-7,14,18H,8-11H2,1H3,(H,22,27). The molecule has 2 atom stereocenters. The van der Waals surface area contributed by atoms with Gasteiger partial charge in [0.15, 0.2) is 11.2 Å². The SMILES string of the molecule is COC1C(=O)N(c2ccc(N3CCOCC3=O)cc2)CC1NC(=O)Oc1ccc(Br)s1. The molecule has 1 aromatic heterocycles. The molecule has 0 aliphatic carbocycles. The summed E-state index contributed by atoms with van der Waals surface area (Å²) >= 11 is 4.59. The molecule has 2 fully saturated rings. The summed E-state index contributed by atoms with van der Waals surface area (Å²) in [4.78, 5) is 40.3. The Balaban J connectivity index is 1.43. The Kier molecular flexibility index (Phi) is 6.56. The molecule has 0 spiro atoms. The Labute approximate surface area is 191 Å². The van der Waals surface area contributed by atoms with E-state index in [4.69, 9.17) is 14.2 Å². The number of hydrogen-bond donors (Lipinski definition) is 1. The third-order valence-corrected chi connectivity index (χ3v) is 6.51. The Morgan fingerprint density at radius 1 is 1.16 bits per heavy atom. The number of ether oxygens (including phenoxy) is 3. The van der Waals surface area contributed by atoms with Crippen molar-refractivity contribution in [2.24, 2.45) is 0 Å². The van der Waals surface area contributed by atoms with Crippen LogP contribution in [0, 0.1) is 0 Å². The normalized spacial score (nSPS) is 21.5. The van der Waals surface area contributed by atoms with Crippen molar-refractivity contribution >= 4 is 56.5 Å². The number of hydrogen-bond acceptors (Lipinski definition) is 7. The highest BCUT2D eigenvalue weighted by molar-refractivity contribution is 9.11. The van der Waals surface area contributed by atoms with Crippen molar-refractivity contribution in [3.05, 3.63) is 40.2 Å². The van der Waals surface area contributed by atoms with Crippen LogP contribution in [0.15, 0.2) is 40.2 Å². The van der Waals surface area contributed by atoms with Crippen LogP contribution in [0.1, 0.15) is 0 Å². The van der Waals surface area contributed by atoms with Gasteiger partial charge in [-0.15, -0.1) is 0 Å². The summed E-state index contributed by atoms with van der Waals surface area (Å²) < 4.78 is 16.6. The van der Waals surface area contributed by atoms with Crippen LogP contribution in [0.3, 0.4) is 0 Å². The zero-order valence-electron chi connectivity index (χ0n) is 16.6. The lowest BCUT2D eigenvalue weighted by molar-refractivity contribution is -0.126. The van der Waals surface area contributed by atoms with Gasteiger partial charge in [-0.25, -0.2) is 4.79 Å². The highest BCUT2D eigenvalue weighted by Crippen LogP contribution is 2.29. The fraction of sp³-hybridized carbons (Fsp3) is 0.350. The lowest BCUT2D eigenvalue weighted by atomic mass is 10.2. The topological polar surface area (TPSA) is 97.4 Å². The Morgan fingerprint density at radius 3 is 2.48 bits per heavy atom. The minimum absolute atomic E-state index is 0.0632. The second kappa shape index (κ2) is 9.35. The van der Waals surface area contributed by atoms with E-state index >= 15 is 0 Å². The fourth-order valence-electron chi connectivity index (χ4n) is 3.56. The summed E-state index contributed by atoms with van der Waals surface area (Å²) in [6.07, 6.45) is -1.49. The van der Waals surface area contributed by atoms with Crippen molar-refractivity contribution in [1.82, 2.24) is 5.32 Å². The maximum absolute atomic E-state index is 12.9. The van der Waals surface area contributed by atoms with E-state index in [0.29, 0.717) is 23.9 Å². The Hall–Kier alpha value is -2.47.